The standard InChI is InChI=1S/C18H29NO4/c1-14-7-4-9-18(10-6-12-20,16(14)23-3)17(21)19-11-5-8-15(19)13-22-2/h4,9,15,20H,5-8,10-13H2,1-3H3/t15-,18+/m0/s1. The fourth-order valence-electron chi connectivity index (χ4n) is 3.90. The van der Waals surface area contributed by atoms with E-state index in [-0.39, 0.29) is 18.6 Å². The number of carbonyl (C=O) groups excluding carboxylic acids is 1. The average molecular weight is 323 g/mol. The van der Waals surface area contributed by atoms with Gasteiger partial charge < -0.3 is 19.5 Å². The van der Waals surface area contributed by atoms with Crippen LogP contribution in [0.2, 0.25) is 0 Å². The second-order valence-electron chi connectivity index (χ2n) is 6.47. The number of ether oxygens (including phenoxy) is 2. The first kappa shape index (κ1) is 18.0. The van der Waals surface area contributed by atoms with Crippen LogP contribution in [0.5, 0.6) is 0 Å². The van der Waals surface area contributed by atoms with Crippen molar-refractivity contribution in [2.24, 2.45) is 5.41 Å². The van der Waals surface area contributed by atoms with Crippen LogP contribution in [0.25, 0.3) is 0 Å². The summed E-state index contributed by atoms with van der Waals surface area (Å²) in [5.41, 5.74) is 0.305. The number of rotatable bonds is 7. The van der Waals surface area contributed by atoms with Gasteiger partial charge in [-0.3, -0.25) is 4.79 Å². The molecule has 0 bridgehead atoms. The molecule has 0 aromatic heterocycles. The van der Waals surface area contributed by atoms with Crippen LogP contribution in [-0.4, -0.2) is 55.9 Å². The normalized spacial score (nSPS) is 27.7. The SMILES string of the molecule is COC[C@@H]1CCCN1C(=O)[C@@]1(CCCO)C=CCC(C)=C1OC. The van der Waals surface area contributed by atoms with Gasteiger partial charge in [0.1, 0.15) is 11.2 Å². The zero-order chi connectivity index (χ0) is 16.9. The largest absolute Gasteiger partial charge is 0.500 e. The molecule has 1 amide bonds. The number of aliphatic hydroxyl groups is 1. The van der Waals surface area contributed by atoms with Crippen molar-refractivity contribution in [2.45, 2.75) is 45.1 Å². The smallest absolute Gasteiger partial charge is 0.240 e. The van der Waals surface area contributed by atoms with Crippen molar-refractivity contribution in [1.29, 1.82) is 0 Å². The minimum absolute atomic E-state index is 0.0699. The molecule has 1 heterocycles. The fourth-order valence-corrected chi connectivity index (χ4v) is 3.90. The zero-order valence-electron chi connectivity index (χ0n) is 14.5. The lowest BCUT2D eigenvalue weighted by Crippen LogP contribution is -2.48. The van der Waals surface area contributed by atoms with E-state index in [1.165, 1.54) is 0 Å². The van der Waals surface area contributed by atoms with Gasteiger partial charge in [0.25, 0.3) is 0 Å². The Morgan fingerprint density at radius 1 is 1.48 bits per heavy atom. The van der Waals surface area contributed by atoms with Gasteiger partial charge in [0, 0.05) is 20.3 Å². The summed E-state index contributed by atoms with van der Waals surface area (Å²) in [6.07, 6.45) is 7.95. The molecule has 130 valence electrons. The van der Waals surface area contributed by atoms with E-state index >= 15 is 0 Å². The van der Waals surface area contributed by atoms with E-state index in [1.807, 2.05) is 17.9 Å². The lowest BCUT2D eigenvalue weighted by Gasteiger charge is -2.39. The highest BCUT2D eigenvalue weighted by Crippen LogP contribution is 2.43. The number of aliphatic hydroxyl groups excluding tert-OH is 1. The Morgan fingerprint density at radius 3 is 2.91 bits per heavy atom. The summed E-state index contributed by atoms with van der Waals surface area (Å²) in [7, 11) is 3.31. The Morgan fingerprint density at radius 2 is 2.26 bits per heavy atom. The topological polar surface area (TPSA) is 59.0 Å². The number of likely N-dealkylation sites (tertiary alicyclic amines) is 1. The van der Waals surface area contributed by atoms with E-state index in [9.17, 15) is 9.90 Å². The second kappa shape index (κ2) is 7.97. The molecule has 23 heavy (non-hydrogen) atoms. The summed E-state index contributed by atoms with van der Waals surface area (Å²) in [6.45, 7) is 3.41. The molecule has 2 aliphatic rings. The number of allylic oxidation sites excluding steroid dienone is 2. The predicted octanol–water partition coefficient (Wildman–Crippen LogP) is 2.26. The van der Waals surface area contributed by atoms with Crippen molar-refractivity contribution >= 4 is 5.91 Å². The summed E-state index contributed by atoms with van der Waals surface area (Å²) >= 11 is 0. The van der Waals surface area contributed by atoms with Gasteiger partial charge >= 0.3 is 0 Å². The van der Waals surface area contributed by atoms with Crippen molar-refractivity contribution in [2.75, 3.05) is 34.0 Å². The molecule has 1 fully saturated rings. The Bertz CT molecular complexity index is 485. The van der Waals surface area contributed by atoms with Crippen LogP contribution in [0.15, 0.2) is 23.5 Å². The van der Waals surface area contributed by atoms with Crippen molar-refractivity contribution in [1.82, 2.24) is 4.90 Å². The molecule has 0 aromatic rings. The zero-order valence-corrected chi connectivity index (χ0v) is 14.5. The second-order valence-corrected chi connectivity index (χ2v) is 6.47. The molecule has 0 saturated carbocycles. The lowest BCUT2D eigenvalue weighted by atomic mass is 9.74. The molecule has 5 nitrogen and oxygen atoms in total. The minimum Gasteiger partial charge on any atom is -0.500 e. The van der Waals surface area contributed by atoms with Crippen molar-refractivity contribution in [3.63, 3.8) is 0 Å². The molecule has 0 unspecified atom stereocenters. The van der Waals surface area contributed by atoms with Gasteiger partial charge in [0.05, 0.1) is 19.8 Å². The third-order valence-corrected chi connectivity index (χ3v) is 4.93. The molecule has 1 aliphatic carbocycles. The highest BCUT2D eigenvalue weighted by Gasteiger charge is 2.47. The van der Waals surface area contributed by atoms with Gasteiger partial charge in [-0.15, -0.1) is 0 Å². The van der Waals surface area contributed by atoms with Crippen LogP contribution < -0.4 is 0 Å². The van der Waals surface area contributed by atoms with E-state index in [4.69, 9.17) is 9.47 Å². The molecule has 0 radical (unpaired) electrons. The first-order valence-corrected chi connectivity index (χ1v) is 8.43. The molecule has 0 spiro atoms. The van der Waals surface area contributed by atoms with Crippen LogP contribution >= 0.6 is 0 Å². The first-order valence-electron chi connectivity index (χ1n) is 8.43. The van der Waals surface area contributed by atoms with Gasteiger partial charge in [-0.05, 0) is 44.6 Å². The van der Waals surface area contributed by atoms with Crippen molar-refractivity contribution in [3.05, 3.63) is 23.5 Å². The molecular formula is C18H29NO4. The van der Waals surface area contributed by atoms with Gasteiger partial charge in [0.15, 0.2) is 0 Å². The van der Waals surface area contributed by atoms with E-state index in [0.29, 0.717) is 19.4 Å². The molecule has 2 rings (SSSR count). The fraction of sp³-hybridized carbons (Fsp3) is 0.722. The van der Waals surface area contributed by atoms with Gasteiger partial charge in [-0.1, -0.05) is 12.2 Å². The molecule has 1 saturated heterocycles. The Kier molecular flexibility index (Phi) is 6.25. The molecule has 1 N–H and O–H groups in total. The summed E-state index contributed by atoms with van der Waals surface area (Å²) in [6, 6.07) is 0.132. The average Bonchev–Trinajstić information content (AvgIpc) is 3.00. The molecule has 0 aromatic carbocycles. The minimum atomic E-state index is -0.782. The Labute approximate surface area is 138 Å². The Balaban J connectivity index is 2.36. The maximum Gasteiger partial charge on any atom is 0.240 e. The van der Waals surface area contributed by atoms with Gasteiger partial charge in [-0.2, -0.15) is 0 Å². The number of hydrogen-bond donors (Lipinski definition) is 1. The van der Waals surface area contributed by atoms with Crippen LogP contribution in [0.4, 0.5) is 0 Å². The quantitative estimate of drug-likeness (QED) is 0.730. The van der Waals surface area contributed by atoms with Crippen molar-refractivity contribution < 1.29 is 19.4 Å². The Hall–Kier alpha value is -1.33. The lowest BCUT2D eigenvalue weighted by molar-refractivity contribution is -0.141. The number of methoxy groups -OCH3 is 2. The van der Waals surface area contributed by atoms with E-state index < -0.39 is 5.41 Å². The van der Waals surface area contributed by atoms with Crippen molar-refractivity contribution in [3.8, 4) is 0 Å². The highest BCUT2D eigenvalue weighted by atomic mass is 16.5. The van der Waals surface area contributed by atoms with Crippen LogP contribution in [-0.2, 0) is 14.3 Å². The third kappa shape index (κ3) is 3.45. The number of amides is 1. The third-order valence-electron chi connectivity index (χ3n) is 4.93. The molecule has 1 aliphatic heterocycles. The number of nitrogens with zero attached hydrogens (tertiary/aromatic N) is 1. The maximum atomic E-state index is 13.5. The van der Waals surface area contributed by atoms with Gasteiger partial charge in [-0.25, -0.2) is 0 Å². The highest BCUT2D eigenvalue weighted by molar-refractivity contribution is 5.88. The summed E-state index contributed by atoms with van der Waals surface area (Å²) < 4.78 is 10.9. The molecule has 5 heteroatoms. The van der Waals surface area contributed by atoms with Crippen LogP contribution in [0.1, 0.15) is 39.0 Å². The summed E-state index contributed by atoms with van der Waals surface area (Å²) in [5.74, 6) is 0.833. The number of hydrogen-bond acceptors (Lipinski definition) is 4. The monoisotopic (exact) mass is 323 g/mol. The summed E-state index contributed by atoms with van der Waals surface area (Å²) in [5, 5.41) is 9.29. The van der Waals surface area contributed by atoms with Crippen LogP contribution in [0, 0.1) is 5.41 Å². The summed E-state index contributed by atoms with van der Waals surface area (Å²) in [4.78, 5) is 15.4. The maximum absolute atomic E-state index is 13.5. The molecular weight excluding hydrogens is 294 g/mol. The van der Waals surface area contributed by atoms with E-state index in [1.54, 1.807) is 14.2 Å². The van der Waals surface area contributed by atoms with E-state index in [2.05, 4.69) is 6.08 Å². The number of carbonyl (C=O) groups is 1. The van der Waals surface area contributed by atoms with Gasteiger partial charge in [0.2, 0.25) is 5.91 Å². The first-order chi connectivity index (χ1) is 11.1. The van der Waals surface area contributed by atoms with Crippen LogP contribution in [0.3, 0.4) is 0 Å². The molecule has 2 atom stereocenters. The van der Waals surface area contributed by atoms with E-state index in [0.717, 1.165) is 37.1 Å². The predicted molar refractivity (Wildman–Crippen MR) is 88.8 cm³/mol.